The summed E-state index contributed by atoms with van der Waals surface area (Å²) in [4.78, 5) is 6.99. The third-order valence-corrected chi connectivity index (χ3v) is 3.88. The Morgan fingerprint density at radius 1 is 1.15 bits per heavy atom. The van der Waals surface area contributed by atoms with Gasteiger partial charge in [0.05, 0.1) is 5.69 Å². The van der Waals surface area contributed by atoms with Crippen molar-refractivity contribution < 1.29 is 0 Å². The lowest BCUT2D eigenvalue weighted by atomic mass is 10.0. The van der Waals surface area contributed by atoms with E-state index in [0.29, 0.717) is 12.1 Å². The maximum atomic E-state index is 4.46. The number of pyridine rings is 1. The van der Waals surface area contributed by atoms with Gasteiger partial charge in [0.15, 0.2) is 0 Å². The van der Waals surface area contributed by atoms with Gasteiger partial charge in [-0.15, -0.1) is 0 Å². The molecule has 1 aromatic heterocycles. The first-order valence-electron chi connectivity index (χ1n) is 7.25. The number of hydrogen-bond acceptors (Lipinski definition) is 3. The predicted molar refractivity (Wildman–Crippen MR) is 81.3 cm³/mol. The molecule has 0 aliphatic carbocycles. The largest absolute Gasteiger partial charge is 0.311 e. The van der Waals surface area contributed by atoms with Gasteiger partial charge in [-0.1, -0.05) is 36.4 Å². The molecule has 1 aliphatic heterocycles. The summed E-state index contributed by atoms with van der Waals surface area (Å²) in [5.74, 6) is 0. The highest BCUT2D eigenvalue weighted by Gasteiger charge is 2.27. The van der Waals surface area contributed by atoms with Gasteiger partial charge >= 0.3 is 0 Å². The van der Waals surface area contributed by atoms with Crippen molar-refractivity contribution in [3.05, 3.63) is 66.0 Å². The molecule has 2 atom stereocenters. The molecule has 1 aromatic carbocycles. The standard InChI is InChI=1S/C17H21N3/c1-14-12-20(13-16-9-5-6-10-18-16)17(11-19-14)15-7-3-2-4-8-15/h2-10,14,17,19H,11-13H2,1H3. The van der Waals surface area contributed by atoms with E-state index in [1.165, 1.54) is 5.56 Å². The fraction of sp³-hybridized carbons (Fsp3) is 0.353. The summed E-state index contributed by atoms with van der Waals surface area (Å²) in [6.45, 7) is 5.20. The van der Waals surface area contributed by atoms with E-state index in [0.717, 1.165) is 25.3 Å². The highest BCUT2D eigenvalue weighted by Crippen LogP contribution is 2.24. The van der Waals surface area contributed by atoms with E-state index >= 15 is 0 Å². The van der Waals surface area contributed by atoms with Crippen LogP contribution in [-0.4, -0.2) is 29.0 Å². The lowest BCUT2D eigenvalue weighted by Crippen LogP contribution is -2.50. The Balaban J connectivity index is 1.80. The van der Waals surface area contributed by atoms with E-state index in [-0.39, 0.29) is 0 Å². The van der Waals surface area contributed by atoms with Crippen LogP contribution in [0.25, 0.3) is 0 Å². The summed E-state index contributed by atoms with van der Waals surface area (Å²) in [5, 5.41) is 3.58. The average Bonchev–Trinajstić information content (AvgIpc) is 2.49. The van der Waals surface area contributed by atoms with Crippen molar-refractivity contribution in [3.8, 4) is 0 Å². The molecular formula is C17H21N3. The van der Waals surface area contributed by atoms with Crippen molar-refractivity contribution in [2.24, 2.45) is 0 Å². The van der Waals surface area contributed by atoms with E-state index in [1.807, 2.05) is 12.3 Å². The van der Waals surface area contributed by atoms with E-state index in [9.17, 15) is 0 Å². The molecule has 3 heteroatoms. The molecule has 0 bridgehead atoms. The third kappa shape index (κ3) is 3.06. The first-order chi connectivity index (χ1) is 9.83. The van der Waals surface area contributed by atoms with Crippen molar-refractivity contribution in [1.29, 1.82) is 0 Å². The van der Waals surface area contributed by atoms with Crippen LogP contribution in [-0.2, 0) is 6.54 Å². The molecule has 2 aromatic rings. The molecular weight excluding hydrogens is 246 g/mol. The minimum atomic E-state index is 0.425. The monoisotopic (exact) mass is 267 g/mol. The van der Waals surface area contributed by atoms with Gasteiger partial charge in [-0.05, 0) is 24.6 Å². The number of hydrogen-bond donors (Lipinski definition) is 1. The minimum Gasteiger partial charge on any atom is -0.311 e. The maximum Gasteiger partial charge on any atom is 0.0544 e. The number of nitrogens with one attached hydrogen (secondary N) is 1. The second-order valence-corrected chi connectivity index (χ2v) is 5.49. The molecule has 1 fully saturated rings. The van der Waals surface area contributed by atoms with E-state index in [2.05, 4.69) is 64.6 Å². The predicted octanol–water partition coefficient (Wildman–Crippen LogP) is 2.62. The molecule has 1 N–H and O–H groups in total. The fourth-order valence-electron chi connectivity index (χ4n) is 2.86. The van der Waals surface area contributed by atoms with Crippen LogP contribution in [0.3, 0.4) is 0 Å². The Morgan fingerprint density at radius 3 is 2.70 bits per heavy atom. The second kappa shape index (κ2) is 6.16. The van der Waals surface area contributed by atoms with Crippen LogP contribution < -0.4 is 5.32 Å². The zero-order chi connectivity index (χ0) is 13.8. The highest BCUT2D eigenvalue weighted by molar-refractivity contribution is 5.20. The Bertz CT molecular complexity index is 526. The Labute approximate surface area is 120 Å². The molecule has 0 saturated carbocycles. The van der Waals surface area contributed by atoms with Crippen molar-refractivity contribution in [1.82, 2.24) is 15.2 Å². The lowest BCUT2D eigenvalue weighted by molar-refractivity contribution is 0.126. The van der Waals surface area contributed by atoms with E-state index < -0.39 is 0 Å². The number of rotatable bonds is 3. The molecule has 0 radical (unpaired) electrons. The van der Waals surface area contributed by atoms with Gasteiger partial charge in [-0.25, -0.2) is 0 Å². The van der Waals surface area contributed by atoms with Gasteiger partial charge in [0, 0.05) is 37.9 Å². The van der Waals surface area contributed by atoms with Crippen LogP contribution in [0.2, 0.25) is 0 Å². The van der Waals surface area contributed by atoms with Gasteiger partial charge in [-0.3, -0.25) is 9.88 Å². The van der Waals surface area contributed by atoms with E-state index in [1.54, 1.807) is 0 Å². The van der Waals surface area contributed by atoms with Crippen LogP contribution in [0.1, 0.15) is 24.2 Å². The quantitative estimate of drug-likeness (QED) is 0.926. The molecule has 2 heterocycles. The third-order valence-electron chi connectivity index (χ3n) is 3.88. The van der Waals surface area contributed by atoms with Gasteiger partial charge in [-0.2, -0.15) is 0 Å². The lowest BCUT2D eigenvalue weighted by Gasteiger charge is -2.39. The first kappa shape index (κ1) is 13.3. The van der Waals surface area contributed by atoms with Crippen LogP contribution in [0.15, 0.2) is 54.7 Å². The number of benzene rings is 1. The van der Waals surface area contributed by atoms with Crippen LogP contribution in [0, 0.1) is 0 Å². The molecule has 20 heavy (non-hydrogen) atoms. The van der Waals surface area contributed by atoms with Gasteiger partial charge in [0.1, 0.15) is 0 Å². The van der Waals surface area contributed by atoms with Gasteiger partial charge in [0.2, 0.25) is 0 Å². The molecule has 104 valence electrons. The minimum absolute atomic E-state index is 0.425. The van der Waals surface area contributed by atoms with Crippen LogP contribution >= 0.6 is 0 Å². The molecule has 0 amide bonds. The van der Waals surface area contributed by atoms with E-state index in [4.69, 9.17) is 0 Å². The summed E-state index contributed by atoms with van der Waals surface area (Å²) in [6.07, 6.45) is 1.87. The summed E-state index contributed by atoms with van der Waals surface area (Å²) in [6, 6.07) is 17.8. The molecule has 3 rings (SSSR count). The van der Waals surface area contributed by atoms with Crippen molar-refractivity contribution >= 4 is 0 Å². The van der Waals surface area contributed by atoms with Crippen molar-refractivity contribution in [3.63, 3.8) is 0 Å². The average molecular weight is 267 g/mol. The molecule has 2 unspecified atom stereocenters. The first-order valence-corrected chi connectivity index (χ1v) is 7.25. The fourth-order valence-corrected chi connectivity index (χ4v) is 2.86. The summed E-state index contributed by atoms with van der Waals surface area (Å²) >= 11 is 0. The zero-order valence-corrected chi connectivity index (χ0v) is 11.9. The number of nitrogens with zero attached hydrogens (tertiary/aromatic N) is 2. The van der Waals surface area contributed by atoms with Crippen LogP contribution in [0.4, 0.5) is 0 Å². The number of piperazine rings is 1. The summed E-state index contributed by atoms with van der Waals surface area (Å²) in [7, 11) is 0. The maximum absolute atomic E-state index is 4.46. The molecule has 3 nitrogen and oxygen atoms in total. The second-order valence-electron chi connectivity index (χ2n) is 5.49. The topological polar surface area (TPSA) is 28.2 Å². The Kier molecular flexibility index (Phi) is 4.09. The van der Waals surface area contributed by atoms with Gasteiger partial charge in [0.25, 0.3) is 0 Å². The normalized spacial score (nSPS) is 23.6. The zero-order valence-electron chi connectivity index (χ0n) is 11.9. The molecule has 1 aliphatic rings. The Morgan fingerprint density at radius 2 is 1.95 bits per heavy atom. The summed E-state index contributed by atoms with van der Waals surface area (Å²) in [5.41, 5.74) is 2.52. The number of aromatic nitrogens is 1. The smallest absolute Gasteiger partial charge is 0.0544 e. The van der Waals surface area contributed by atoms with Crippen molar-refractivity contribution in [2.45, 2.75) is 25.6 Å². The molecule has 1 saturated heterocycles. The van der Waals surface area contributed by atoms with Crippen molar-refractivity contribution in [2.75, 3.05) is 13.1 Å². The van der Waals surface area contributed by atoms with Crippen LogP contribution in [0.5, 0.6) is 0 Å². The highest BCUT2D eigenvalue weighted by atomic mass is 15.2. The van der Waals surface area contributed by atoms with Gasteiger partial charge < -0.3 is 5.32 Å². The summed E-state index contributed by atoms with van der Waals surface area (Å²) < 4.78 is 0. The Hall–Kier alpha value is -1.71. The molecule has 0 spiro atoms. The SMILES string of the molecule is CC1CN(Cc2ccccn2)C(c2ccccc2)CN1.